The summed E-state index contributed by atoms with van der Waals surface area (Å²) in [6, 6.07) is 11.8. The van der Waals surface area contributed by atoms with Crippen LogP contribution in [0.3, 0.4) is 0 Å². The fourth-order valence-electron chi connectivity index (χ4n) is 2.14. The van der Waals surface area contributed by atoms with Gasteiger partial charge in [0.15, 0.2) is 5.16 Å². The Morgan fingerprint density at radius 1 is 1.17 bits per heavy atom. The lowest BCUT2D eigenvalue weighted by atomic mass is 10.2. The van der Waals surface area contributed by atoms with Crippen molar-refractivity contribution in [2.24, 2.45) is 0 Å². The number of aromatic nitrogens is 2. The zero-order chi connectivity index (χ0) is 17.3. The topological polar surface area (TPSA) is 34.4 Å². The molecule has 2 heterocycles. The summed E-state index contributed by atoms with van der Waals surface area (Å²) in [6.07, 6.45) is -3.37. The number of alkyl halides is 3. The number of halogens is 4. The molecule has 0 aliphatic carbocycles. The van der Waals surface area contributed by atoms with Crippen molar-refractivity contribution in [1.82, 2.24) is 9.38 Å². The first kappa shape index (κ1) is 16.9. The smallest absolute Gasteiger partial charge is 0.294 e. The third kappa shape index (κ3) is 3.42. The molecule has 3 aromatic rings. The highest BCUT2D eigenvalue weighted by molar-refractivity contribution is 7.98. The summed E-state index contributed by atoms with van der Waals surface area (Å²) in [6.45, 7) is 0. The molecule has 0 bridgehead atoms. The number of carbonyl (C=O) groups is 1. The van der Waals surface area contributed by atoms with Crippen molar-refractivity contribution in [1.29, 1.82) is 0 Å². The molecule has 24 heavy (non-hydrogen) atoms. The third-order valence-corrected chi connectivity index (χ3v) is 4.55. The van der Waals surface area contributed by atoms with Crippen LogP contribution in [-0.2, 0) is 5.75 Å². The van der Waals surface area contributed by atoms with Gasteiger partial charge in [0.05, 0.1) is 5.52 Å². The maximum absolute atomic E-state index is 12.7. The molecule has 2 aromatic heterocycles. The van der Waals surface area contributed by atoms with Crippen LogP contribution in [0.25, 0.3) is 5.52 Å². The molecule has 0 aliphatic heterocycles. The van der Waals surface area contributed by atoms with Crippen LogP contribution in [0, 0.1) is 0 Å². The van der Waals surface area contributed by atoms with Gasteiger partial charge in [0.2, 0.25) is 0 Å². The van der Waals surface area contributed by atoms with Crippen molar-refractivity contribution in [3.05, 3.63) is 64.9 Å². The Hall–Kier alpha value is -1.99. The second kappa shape index (κ2) is 6.49. The van der Waals surface area contributed by atoms with Crippen molar-refractivity contribution >= 4 is 34.7 Å². The van der Waals surface area contributed by atoms with E-state index in [2.05, 4.69) is 4.98 Å². The van der Waals surface area contributed by atoms with E-state index >= 15 is 0 Å². The van der Waals surface area contributed by atoms with Crippen LogP contribution in [0.5, 0.6) is 0 Å². The predicted octanol–water partition coefficient (Wildman–Crippen LogP) is 5.03. The van der Waals surface area contributed by atoms with Gasteiger partial charge in [0, 0.05) is 17.0 Å². The van der Waals surface area contributed by atoms with Crippen molar-refractivity contribution in [3.8, 4) is 0 Å². The van der Waals surface area contributed by atoms with Crippen LogP contribution in [-0.4, -0.2) is 21.3 Å². The zero-order valence-electron chi connectivity index (χ0n) is 12.0. The summed E-state index contributed by atoms with van der Waals surface area (Å²) >= 11 is 7.07. The average molecular weight is 371 g/mol. The van der Waals surface area contributed by atoms with Crippen LogP contribution in [0.1, 0.15) is 16.1 Å². The lowest BCUT2D eigenvalue weighted by Gasteiger charge is -2.02. The first-order chi connectivity index (χ1) is 11.4. The molecule has 0 N–H and O–H groups in total. The lowest BCUT2D eigenvalue weighted by Crippen LogP contribution is -2.23. The van der Waals surface area contributed by atoms with Gasteiger partial charge in [-0.1, -0.05) is 41.6 Å². The molecule has 0 aliphatic rings. The number of Topliss-reactive ketones (excluding diaryl/α,β-unsaturated/α-hetero) is 1. The summed E-state index contributed by atoms with van der Waals surface area (Å²) in [5, 5.41) is 0.932. The van der Waals surface area contributed by atoms with Crippen LogP contribution < -0.4 is 0 Å². The number of imidazole rings is 1. The lowest BCUT2D eigenvalue weighted by molar-refractivity contribution is -0.0887. The Bertz CT molecular complexity index is 890. The Morgan fingerprint density at radius 2 is 1.88 bits per heavy atom. The van der Waals surface area contributed by atoms with E-state index in [0.717, 1.165) is 5.56 Å². The largest absolute Gasteiger partial charge is 0.456 e. The molecule has 124 valence electrons. The number of benzene rings is 1. The minimum atomic E-state index is -4.96. The van der Waals surface area contributed by atoms with Gasteiger partial charge in [0.25, 0.3) is 5.78 Å². The molecule has 0 saturated heterocycles. The fraction of sp³-hybridized carbons (Fsp3) is 0.125. The number of carbonyl (C=O) groups excluding carboxylic acids is 1. The summed E-state index contributed by atoms with van der Waals surface area (Å²) in [5.74, 6) is -1.45. The van der Waals surface area contributed by atoms with Crippen molar-refractivity contribution in [2.45, 2.75) is 17.1 Å². The first-order valence-electron chi connectivity index (χ1n) is 6.82. The number of pyridine rings is 1. The summed E-state index contributed by atoms with van der Waals surface area (Å²) in [7, 11) is 0. The highest BCUT2D eigenvalue weighted by Crippen LogP contribution is 2.29. The molecule has 0 amide bonds. The van der Waals surface area contributed by atoms with Gasteiger partial charge in [-0.15, -0.1) is 0 Å². The molecule has 0 radical (unpaired) electrons. The third-order valence-electron chi connectivity index (χ3n) is 3.27. The summed E-state index contributed by atoms with van der Waals surface area (Å²) in [4.78, 5) is 15.5. The van der Waals surface area contributed by atoms with Gasteiger partial charge in [-0.2, -0.15) is 13.2 Å². The number of hydrogen-bond donors (Lipinski definition) is 0. The maximum atomic E-state index is 12.7. The monoisotopic (exact) mass is 370 g/mol. The van der Waals surface area contributed by atoms with Crippen LogP contribution in [0.15, 0.2) is 53.8 Å². The van der Waals surface area contributed by atoms with Gasteiger partial charge >= 0.3 is 6.18 Å². The Balaban J connectivity index is 1.93. The minimum absolute atomic E-state index is 0.137. The van der Waals surface area contributed by atoms with Crippen molar-refractivity contribution in [2.75, 3.05) is 0 Å². The predicted molar refractivity (Wildman–Crippen MR) is 86.6 cm³/mol. The molecule has 3 nitrogen and oxygen atoms in total. The van der Waals surface area contributed by atoms with Gasteiger partial charge in [-0.3, -0.25) is 9.20 Å². The van der Waals surface area contributed by atoms with E-state index < -0.39 is 17.7 Å². The number of rotatable bonds is 4. The maximum Gasteiger partial charge on any atom is 0.456 e. The van der Waals surface area contributed by atoms with E-state index in [1.54, 1.807) is 30.5 Å². The molecule has 0 saturated carbocycles. The standard InChI is InChI=1S/C16H10ClF3N2OS/c17-11-6-4-10(5-7-11)9-24-15-21-13(14(23)16(18,19)20)12-3-1-2-8-22(12)15/h1-8H,9H2. The van der Waals surface area contributed by atoms with E-state index in [9.17, 15) is 18.0 Å². The van der Waals surface area contributed by atoms with E-state index in [4.69, 9.17) is 11.6 Å². The van der Waals surface area contributed by atoms with Gasteiger partial charge in [0.1, 0.15) is 5.69 Å². The van der Waals surface area contributed by atoms with Gasteiger partial charge in [-0.05, 0) is 29.8 Å². The van der Waals surface area contributed by atoms with E-state index in [0.29, 0.717) is 15.9 Å². The van der Waals surface area contributed by atoms with Crippen LogP contribution in [0.4, 0.5) is 13.2 Å². The number of nitrogens with zero attached hydrogens (tertiary/aromatic N) is 2. The molecular formula is C16H10ClF3N2OS. The highest BCUT2D eigenvalue weighted by Gasteiger charge is 2.42. The van der Waals surface area contributed by atoms with Crippen LogP contribution >= 0.6 is 23.4 Å². The van der Waals surface area contributed by atoms with Crippen LogP contribution in [0.2, 0.25) is 5.02 Å². The average Bonchev–Trinajstić information content (AvgIpc) is 2.91. The second-order valence-corrected chi connectivity index (χ2v) is 6.32. The molecule has 8 heteroatoms. The second-order valence-electron chi connectivity index (χ2n) is 4.94. The number of ketones is 1. The zero-order valence-corrected chi connectivity index (χ0v) is 13.6. The molecule has 0 unspecified atom stereocenters. The fourth-order valence-corrected chi connectivity index (χ4v) is 3.21. The molecule has 0 atom stereocenters. The molecule has 0 spiro atoms. The quantitative estimate of drug-likeness (QED) is 0.477. The number of fused-ring (bicyclic) bond motifs is 1. The van der Waals surface area contributed by atoms with Gasteiger partial charge < -0.3 is 0 Å². The van der Waals surface area contributed by atoms with Gasteiger partial charge in [-0.25, -0.2) is 4.98 Å². The minimum Gasteiger partial charge on any atom is -0.294 e. The molecule has 3 rings (SSSR count). The first-order valence-corrected chi connectivity index (χ1v) is 8.18. The van der Waals surface area contributed by atoms with E-state index in [1.807, 2.05) is 12.1 Å². The SMILES string of the molecule is O=C(c1nc(SCc2ccc(Cl)cc2)n2ccccc12)C(F)(F)F. The number of hydrogen-bond acceptors (Lipinski definition) is 3. The van der Waals surface area contributed by atoms with Crippen molar-refractivity contribution in [3.63, 3.8) is 0 Å². The highest BCUT2D eigenvalue weighted by atomic mass is 35.5. The van der Waals surface area contributed by atoms with E-state index in [1.165, 1.54) is 22.2 Å². The molecular weight excluding hydrogens is 361 g/mol. The summed E-state index contributed by atoms with van der Waals surface area (Å²) in [5.41, 5.74) is 0.501. The Kier molecular flexibility index (Phi) is 4.56. The van der Waals surface area contributed by atoms with Crippen molar-refractivity contribution < 1.29 is 18.0 Å². The number of thioether (sulfide) groups is 1. The molecule has 1 aromatic carbocycles. The molecule has 0 fully saturated rings. The summed E-state index contributed by atoms with van der Waals surface area (Å²) < 4.78 is 39.7. The Labute approximate surface area is 144 Å². The Morgan fingerprint density at radius 3 is 2.54 bits per heavy atom. The normalized spacial score (nSPS) is 11.8. The van der Waals surface area contributed by atoms with E-state index in [-0.39, 0.29) is 5.52 Å².